The van der Waals surface area contributed by atoms with E-state index in [1.807, 2.05) is 11.4 Å². The molecule has 0 unspecified atom stereocenters. The van der Waals surface area contributed by atoms with Gasteiger partial charge in [0.25, 0.3) is 5.56 Å². The summed E-state index contributed by atoms with van der Waals surface area (Å²) in [5.74, 6) is 0.594. The molecular formula is C13H16N2OS2. The fraction of sp³-hybridized carbons (Fsp3) is 0.538. The first-order valence-electron chi connectivity index (χ1n) is 6.24. The molecule has 0 bridgehead atoms. The lowest BCUT2D eigenvalue weighted by Gasteiger charge is -2.20. The van der Waals surface area contributed by atoms with Crippen molar-refractivity contribution in [3.63, 3.8) is 0 Å². The molecule has 0 aromatic carbocycles. The average molecular weight is 280 g/mol. The highest BCUT2D eigenvalue weighted by Crippen LogP contribution is 2.52. The van der Waals surface area contributed by atoms with Crippen LogP contribution in [0.2, 0.25) is 0 Å². The molecule has 0 aliphatic heterocycles. The third-order valence-electron chi connectivity index (χ3n) is 4.20. The summed E-state index contributed by atoms with van der Waals surface area (Å²) in [6.07, 6.45) is 2.40. The lowest BCUT2D eigenvalue weighted by Crippen LogP contribution is -2.28. The van der Waals surface area contributed by atoms with Crippen molar-refractivity contribution in [1.82, 2.24) is 9.55 Å². The van der Waals surface area contributed by atoms with Crippen LogP contribution in [0.15, 0.2) is 16.2 Å². The minimum Gasteiger partial charge on any atom is -0.323 e. The van der Waals surface area contributed by atoms with E-state index >= 15 is 0 Å². The van der Waals surface area contributed by atoms with Gasteiger partial charge in [0.15, 0.2) is 4.77 Å². The van der Waals surface area contributed by atoms with Gasteiger partial charge in [-0.25, -0.2) is 0 Å². The van der Waals surface area contributed by atoms with Crippen molar-refractivity contribution < 1.29 is 0 Å². The largest absolute Gasteiger partial charge is 0.323 e. The smallest absolute Gasteiger partial charge is 0.263 e. The molecule has 3 rings (SSSR count). The fourth-order valence-electron chi connectivity index (χ4n) is 2.51. The van der Waals surface area contributed by atoms with Crippen LogP contribution in [0.4, 0.5) is 0 Å². The lowest BCUT2D eigenvalue weighted by atomic mass is 9.92. The van der Waals surface area contributed by atoms with Crippen LogP contribution >= 0.6 is 23.6 Å². The Morgan fingerprint density at radius 2 is 2.28 bits per heavy atom. The number of thiophene rings is 1. The summed E-state index contributed by atoms with van der Waals surface area (Å²) >= 11 is 6.86. The van der Waals surface area contributed by atoms with Gasteiger partial charge >= 0.3 is 0 Å². The first kappa shape index (κ1) is 12.1. The van der Waals surface area contributed by atoms with Crippen LogP contribution < -0.4 is 5.56 Å². The van der Waals surface area contributed by atoms with Gasteiger partial charge in [-0.1, -0.05) is 13.8 Å². The summed E-state index contributed by atoms with van der Waals surface area (Å²) < 4.78 is 2.30. The number of hydrogen-bond donors (Lipinski definition) is 1. The van der Waals surface area contributed by atoms with Crippen molar-refractivity contribution in [2.45, 2.75) is 33.2 Å². The topological polar surface area (TPSA) is 37.8 Å². The Kier molecular flexibility index (Phi) is 2.71. The zero-order valence-corrected chi connectivity index (χ0v) is 12.2. The molecule has 18 heavy (non-hydrogen) atoms. The second-order valence-electron chi connectivity index (χ2n) is 5.50. The Bertz CT molecular complexity index is 704. The van der Waals surface area contributed by atoms with Crippen LogP contribution in [0, 0.1) is 16.1 Å². The standard InChI is InChI=1S/C13H16N2OS2/c1-8(2)13(4-5-13)7-15-11(16)9-3-6-18-10(9)14-12(15)17/h3,6,8H,4-5,7H2,1-2H3,(H,14,17). The molecule has 0 radical (unpaired) electrons. The quantitative estimate of drug-likeness (QED) is 0.873. The summed E-state index contributed by atoms with van der Waals surface area (Å²) in [5.41, 5.74) is 0.344. The fourth-order valence-corrected chi connectivity index (χ4v) is 3.61. The summed E-state index contributed by atoms with van der Waals surface area (Å²) in [7, 11) is 0. The first-order chi connectivity index (χ1) is 8.53. The summed E-state index contributed by atoms with van der Waals surface area (Å²) in [6, 6.07) is 1.87. The van der Waals surface area contributed by atoms with Gasteiger partial charge in [-0.05, 0) is 47.8 Å². The molecule has 0 saturated heterocycles. The molecule has 1 aliphatic rings. The monoisotopic (exact) mass is 280 g/mol. The van der Waals surface area contributed by atoms with E-state index in [2.05, 4.69) is 18.8 Å². The van der Waals surface area contributed by atoms with E-state index in [1.165, 1.54) is 24.2 Å². The minimum atomic E-state index is 0.0573. The van der Waals surface area contributed by atoms with Crippen molar-refractivity contribution in [2.75, 3.05) is 0 Å². The van der Waals surface area contributed by atoms with E-state index in [0.717, 1.165) is 16.8 Å². The Morgan fingerprint density at radius 1 is 1.56 bits per heavy atom. The van der Waals surface area contributed by atoms with Gasteiger partial charge in [-0.3, -0.25) is 9.36 Å². The summed E-state index contributed by atoms with van der Waals surface area (Å²) in [4.78, 5) is 16.5. The molecule has 1 aliphatic carbocycles. The molecule has 0 atom stereocenters. The number of rotatable bonds is 3. The molecule has 1 N–H and O–H groups in total. The predicted octanol–water partition coefficient (Wildman–Crippen LogP) is 3.56. The highest BCUT2D eigenvalue weighted by Gasteiger charge is 2.45. The third kappa shape index (κ3) is 1.77. The highest BCUT2D eigenvalue weighted by molar-refractivity contribution is 7.71. The molecule has 3 nitrogen and oxygen atoms in total. The molecule has 1 saturated carbocycles. The van der Waals surface area contributed by atoms with E-state index in [9.17, 15) is 4.79 Å². The molecule has 1 fully saturated rings. The van der Waals surface area contributed by atoms with Crippen LogP contribution in [-0.2, 0) is 6.54 Å². The zero-order chi connectivity index (χ0) is 12.9. The number of nitrogens with zero attached hydrogens (tertiary/aromatic N) is 1. The van der Waals surface area contributed by atoms with Crippen LogP contribution in [0.1, 0.15) is 26.7 Å². The molecule has 96 valence electrons. The van der Waals surface area contributed by atoms with Crippen molar-refractivity contribution in [3.8, 4) is 0 Å². The van der Waals surface area contributed by atoms with E-state index < -0.39 is 0 Å². The summed E-state index contributed by atoms with van der Waals surface area (Å²) in [5, 5.41) is 2.69. The van der Waals surface area contributed by atoms with E-state index in [0.29, 0.717) is 10.7 Å². The number of aromatic nitrogens is 2. The molecule has 0 amide bonds. The van der Waals surface area contributed by atoms with Gasteiger partial charge in [0.1, 0.15) is 4.83 Å². The van der Waals surface area contributed by atoms with Crippen molar-refractivity contribution in [1.29, 1.82) is 0 Å². The van der Waals surface area contributed by atoms with Gasteiger partial charge in [0.2, 0.25) is 0 Å². The number of nitrogens with one attached hydrogen (secondary N) is 1. The van der Waals surface area contributed by atoms with E-state index in [4.69, 9.17) is 12.2 Å². The maximum absolute atomic E-state index is 12.4. The Balaban J connectivity index is 2.12. The van der Waals surface area contributed by atoms with Gasteiger partial charge in [0.05, 0.1) is 5.39 Å². The molecule has 2 aromatic rings. The second kappa shape index (κ2) is 4.03. The SMILES string of the molecule is CC(C)C1(Cn2c(=S)[nH]c3sccc3c2=O)CC1. The molecular weight excluding hydrogens is 264 g/mol. The average Bonchev–Trinajstić information content (AvgIpc) is 2.96. The minimum absolute atomic E-state index is 0.0573. The predicted molar refractivity (Wildman–Crippen MR) is 77.8 cm³/mol. The first-order valence-corrected chi connectivity index (χ1v) is 7.53. The summed E-state index contributed by atoms with van der Waals surface area (Å²) in [6.45, 7) is 5.21. The maximum atomic E-state index is 12.4. The molecule has 5 heteroatoms. The van der Waals surface area contributed by atoms with E-state index in [1.54, 1.807) is 4.57 Å². The Hall–Kier alpha value is -0.940. The van der Waals surface area contributed by atoms with Crippen molar-refractivity contribution in [3.05, 3.63) is 26.6 Å². The normalized spacial score (nSPS) is 17.5. The number of fused-ring (bicyclic) bond motifs is 1. The molecule has 2 heterocycles. The zero-order valence-electron chi connectivity index (χ0n) is 10.5. The van der Waals surface area contributed by atoms with Gasteiger partial charge in [0, 0.05) is 6.54 Å². The van der Waals surface area contributed by atoms with Crippen molar-refractivity contribution >= 4 is 33.8 Å². The molecule has 2 aromatic heterocycles. The van der Waals surface area contributed by atoms with Gasteiger partial charge < -0.3 is 4.98 Å². The van der Waals surface area contributed by atoms with Crippen LogP contribution in [-0.4, -0.2) is 9.55 Å². The third-order valence-corrected chi connectivity index (χ3v) is 5.35. The van der Waals surface area contributed by atoms with Crippen LogP contribution in [0.3, 0.4) is 0 Å². The number of H-pyrrole nitrogens is 1. The highest BCUT2D eigenvalue weighted by atomic mass is 32.1. The van der Waals surface area contributed by atoms with Gasteiger partial charge in [-0.15, -0.1) is 11.3 Å². The van der Waals surface area contributed by atoms with Crippen LogP contribution in [0.5, 0.6) is 0 Å². The number of hydrogen-bond acceptors (Lipinski definition) is 3. The van der Waals surface area contributed by atoms with Crippen LogP contribution in [0.25, 0.3) is 10.2 Å². The number of aromatic amines is 1. The lowest BCUT2D eigenvalue weighted by molar-refractivity contribution is 0.303. The van der Waals surface area contributed by atoms with Gasteiger partial charge in [-0.2, -0.15) is 0 Å². The Morgan fingerprint density at radius 3 is 2.89 bits per heavy atom. The maximum Gasteiger partial charge on any atom is 0.263 e. The van der Waals surface area contributed by atoms with E-state index in [-0.39, 0.29) is 11.0 Å². The Labute approximate surface area is 114 Å². The van der Waals surface area contributed by atoms with Crippen molar-refractivity contribution in [2.24, 2.45) is 11.3 Å². The second-order valence-corrected chi connectivity index (χ2v) is 6.80. The molecule has 0 spiro atoms.